The summed E-state index contributed by atoms with van der Waals surface area (Å²) in [5, 5.41) is 7.67. The van der Waals surface area contributed by atoms with Crippen molar-refractivity contribution in [2.45, 2.75) is 51.8 Å². The molecule has 2 N–H and O–H groups in total. The molecule has 6 nitrogen and oxygen atoms in total. The van der Waals surface area contributed by atoms with E-state index in [2.05, 4.69) is 10.6 Å². The zero-order chi connectivity index (χ0) is 21.2. The van der Waals surface area contributed by atoms with Crippen LogP contribution in [0, 0.1) is 5.92 Å². The van der Waals surface area contributed by atoms with E-state index in [0.29, 0.717) is 12.0 Å². The molecule has 29 heavy (non-hydrogen) atoms. The Hall–Kier alpha value is -2.73. The lowest BCUT2D eigenvalue weighted by molar-refractivity contribution is -0.130. The third-order valence-corrected chi connectivity index (χ3v) is 5.58. The summed E-state index contributed by atoms with van der Waals surface area (Å²) in [6, 6.07) is 12.5. The Balaban J connectivity index is 1.78. The average Bonchev–Trinajstić information content (AvgIpc) is 2.93. The number of amides is 2. The van der Waals surface area contributed by atoms with Crippen LogP contribution < -0.4 is 10.6 Å². The third-order valence-electron chi connectivity index (χ3n) is 5.58. The summed E-state index contributed by atoms with van der Waals surface area (Å²) in [4.78, 5) is 38.1. The van der Waals surface area contributed by atoms with Gasteiger partial charge in [0.1, 0.15) is 18.2 Å². The smallest absolute Gasteiger partial charge is 0.251 e. The lowest BCUT2D eigenvalue weighted by atomic mass is 9.92. The quantitative estimate of drug-likeness (QED) is 0.786. The fraction of sp³-hybridized carbons (Fsp3) is 0.435. The van der Waals surface area contributed by atoms with Crippen LogP contribution in [0.15, 0.2) is 42.5 Å². The van der Waals surface area contributed by atoms with Crippen LogP contribution in [0.25, 0.3) is 10.8 Å². The van der Waals surface area contributed by atoms with Crippen molar-refractivity contribution in [2.75, 3.05) is 6.61 Å². The zero-order valence-corrected chi connectivity index (χ0v) is 17.3. The Morgan fingerprint density at radius 3 is 2.48 bits per heavy atom. The predicted octanol–water partition coefficient (Wildman–Crippen LogP) is 2.85. The van der Waals surface area contributed by atoms with Crippen molar-refractivity contribution in [3.05, 3.63) is 48.0 Å². The van der Waals surface area contributed by atoms with Crippen LogP contribution in [0.1, 0.15) is 44.5 Å². The van der Waals surface area contributed by atoms with Crippen LogP contribution in [0.2, 0.25) is 0 Å². The second-order valence-electron chi connectivity index (χ2n) is 8.29. The van der Waals surface area contributed by atoms with Gasteiger partial charge in [0.15, 0.2) is 5.78 Å². The Morgan fingerprint density at radius 1 is 1.17 bits per heavy atom. The molecule has 6 heteroatoms. The number of nitrogens with one attached hydrogen (secondary N) is 2. The lowest BCUT2D eigenvalue weighted by Gasteiger charge is -2.30. The Morgan fingerprint density at radius 2 is 1.86 bits per heavy atom. The summed E-state index contributed by atoms with van der Waals surface area (Å²) >= 11 is 0. The van der Waals surface area contributed by atoms with Gasteiger partial charge in [0.2, 0.25) is 5.91 Å². The van der Waals surface area contributed by atoms with Crippen LogP contribution in [0.5, 0.6) is 0 Å². The number of rotatable bonds is 6. The molecule has 0 spiro atoms. The van der Waals surface area contributed by atoms with E-state index >= 15 is 0 Å². The fourth-order valence-corrected chi connectivity index (χ4v) is 3.53. The second-order valence-corrected chi connectivity index (χ2v) is 8.29. The summed E-state index contributed by atoms with van der Waals surface area (Å²) in [5.41, 5.74) is -0.592. The van der Waals surface area contributed by atoms with Crippen LogP contribution in [-0.2, 0) is 14.3 Å². The van der Waals surface area contributed by atoms with E-state index in [4.69, 9.17) is 4.74 Å². The van der Waals surface area contributed by atoms with Gasteiger partial charge < -0.3 is 15.4 Å². The molecular weight excluding hydrogens is 368 g/mol. The molecule has 3 atom stereocenters. The van der Waals surface area contributed by atoms with Crippen molar-refractivity contribution in [1.29, 1.82) is 0 Å². The van der Waals surface area contributed by atoms with Crippen LogP contribution in [0.3, 0.4) is 0 Å². The highest BCUT2D eigenvalue weighted by Gasteiger charge is 2.47. The molecule has 0 aromatic heterocycles. The SMILES string of the molecule is CC(C)CC(NC(=O)c1ccc2ccccc2c1)C(=O)NC1(C)C(=O)COC1C. The first kappa shape index (κ1) is 21.0. The second kappa shape index (κ2) is 8.33. The van der Waals surface area contributed by atoms with Gasteiger partial charge in [-0.3, -0.25) is 14.4 Å². The minimum absolute atomic E-state index is 0.0176. The number of carbonyl (C=O) groups excluding carboxylic acids is 3. The van der Waals surface area contributed by atoms with Crippen molar-refractivity contribution in [3.63, 3.8) is 0 Å². The Kier molecular flexibility index (Phi) is 6.03. The summed E-state index contributed by atoms with van der Waals surface area (Å²) < 4.78 is 5.38. The van der Waals surface area contributed by atoms with Gasteiger partial charge in [-0.2, -0.15) is 0 Å². The molecular formula is C23H28N2O4. The number of hydrogen-bond acceptors (Lipinski definition) is 4. The minimum atomic E-state index is -1.08. The van der Waals surface area contributed by atoms with Crippen molar-refractivity contribution < 1.29 is 19.1 Å². The summed E-state index contributed by atoms with van der Waals surface area (Å²) in [6.07, 6.45) is 0.0415. The van der Waals surface area contributed by atoms with E-state index in [-0.39, 0.29) is 30.1 Å². The summed E-state index contributed by atoms with van der Waals surface area (Å²) in [5.74, 6) is -0.671. The number of hydrogen-bond donors (Lipinski definition) is 2. The zero-order valence-electron chi connectivity index (χ0n) is 17.3. The monoisotopic (exact) mass is 396 g/mol. The lowest BCUT2D eigenvalue weighted by Crippen LogP contribution is -2.60. The summed E-state index contributed by atoms with van der Waals surface area (Å²) in [6.45, 7) is 7.38. The number of carbonyl (C=O) groups is 3. The molecule has 0 bridgehead atoms. The molecule has 1 aliphatic rings. The molecule has 2 aromatic rings. The van der Waals surface area contributed by atoms with Crippen molar-refractivity contribution in [1.82, 2.24) is 10.6 Å². The van der Waals surface area contributed by atoms with Crippen molar-refractivity contribution >= 4 is 28.4 Å². The maximum atomic E-state index is 13.0. The maximum Gasteiger partial charge on any atom is 0.251 e. The summed E-state index contributed by atoms with van der Waals surface area (Å²) in [7, 11) is 0. The molecule has 0 aliphatic carbocycles. The van der Waals surface area contributed by atoms with Gasteiger partial charge in [-0.15, -0.1) is 0 Å². The molecule has 154 valence electrons. The first-order chi connectivity index (χ1) is 13.7. The maximum absolute atomic E-state index is 13.0. The Labute approximate surface area is 171 Å². The fourth-order valence-electron chi connectivity index (χ4n) is 3.53. The van der Waals surface area contributed by atoms with Crippen LogP contribution in [0.4, 0.5) is 0 Å². The first-order valence-corrected chi connectivity index (χ1v) is 9.97. The van der Waals surface area contributed by atoms with Gasteiger partial charge in [-0.25, -0.2) is 0 Å². The van der Waals surface area contributed by atoms with E-state index in [9.17, 15) is 14.4 Å². The van der Waals surface area contributed by atoms with Gasteiger partial charge in [-0.05, 0) is 49.1 Å². The van der Waals surface area contributed by atoms with Gasteiger partial charge >= 0.3 is 0 Å². The number of benzene rings is 2. The van der Waals surface area contributed by atoms with Gasteiger partial charge in [0.25, 0.3) is 5.91 Å². The highest BCUT2D eigenvalue weighted by Crippen LogP contribution is 2.23. The molecule has 1 saturated heterocycles. The largest absolute Gasteiger partial charge is 0.368 e. The topological polar surface area (TPSA) is 84.5 Å². The van der Waals surface area contributed by atoms with E-state index < -0.39 is 17.7 Å². The predicted molar refractivity (Wildman–Crippen MR) is 112 cm³/mol. The molecule has 3 unspecified atom stereocenters. The van der Waals surface area contributed by atoms with Crippen LogP contribution in [-0.4, -0.2) is 41.9 Å². The highest BCUT2D eigenvalue weighted by molar-refractivity contribution is 6.02. The van der Waals surface area contributed by atoms with Gasteiger partial charge in [0.05, 0.1) is 6.10 Å². The van der Waals surface area contributed by atoms with E-state index in [1.54, 1.807) is 19.9 Å². The van der Waals surface area contributed by atoms with E-state index in [0.717, 1.165) is 10.8 Å². The van der Waals surface area contributed by atoms with Gasteiger partial charge in [0, 0.05) is 5.56 Å². The third kappa shape index (κ3) is 4.48. The average molecular weight is 396 g/mol. The van der Waals surface area contributed by atoms with E-state index in [1.807, 2.05) is 50.2 Å². The molecule has 1 fully saturated rings. The highest BCUT2D eigenvalue weighted by atomic mass is 16.5. The molecule has 0 saturated carbocycles. The standard InChI is InChI=1S/C23H28N2O4/c1-14(2)11-19(22(28)25-23(4)15(3)29-13-20(23)26)24-21(27)18-10-9-16-7-5-6-8-17(16)12-18/h5-10,12,14-15,19H,11,13H2,1-4H3,(H,24,27)(H,25,28). The molecule has 2 amide bonds. The number of fused-ring (bicyclic) bond motifs is 1. The van der Waals surface area contributed by atoms with Gasteiger partial charge in [-0.1, -0.05) is 44.2 Å². The van der Waals surface area contributed by atoms with Crippen molar-refractivity contribution in [3.8, 4) is 0 Å². The normalized spacial score (nSPS) is 22.7. The molecule has 3 rings (SSSR count). The van der Waals surface area contributed by atoms with Crippen LogP contribution >= 0.6 is 0 Å². The number of ketones is 1. The molecule has 0 radical (unpaired) electrons. The van der Waals surface area contributed by atoms with E-state index in [1.165, 1.54) is 0 Å². The van der Waals surface area contributed by atoms with Crippen molar-refractivity contribution in [2.24, 2.45) is 5.92 Å². The first-order valence-electron chi connectivity index (χ1n) is 9.97. The number of Topliss-reactive ketones (excluding diaryl/α,β-unsaturated/α-hetero) is 1. The molecule has 1 heterocycles. The Bertz CT molecular complexity index is 939. The molecule has 2 aromatic carbocycles. The number of ether oxygens (including phenoxy) is 1. The molecule has 1 aliphatic heterocycles. The minimum Gasteiger partial charge on any atom is -0.368 e.